The second-order valence-corrected chi connectivity index (χ2v) is 5.07. The molecular formula is C13H20N6. The van der Waals surface area contributed by atoms with E-state index in [1.807, 2.05) is 13.1 Å². The van der Waals surface area contributed by atoms with Gasteiger partial charge in [0.15, 0.2) is 5.65 Å². The third-order valence-corrected chi connectivity index (χ3v) is 3.70. The lowest BCUT2D eigenvalue weighted by atomic mass is 10.0. The Balaban J connectivity index is 2.06. The van der Waals surface area contributed by atoms with Crippen LogP contribution in [-0.4, -0.2) is 39.3 Å². The van der Waals surface area contributed by atoms with Crippen LogP contribution in [0.5, 0.6) is 0 Å². The largest absolute Gasteiger partial charge is 0.354 e. The summed E-state index contributed by atoms with van der Waals surface area (Å²) in [7, 11) is 0. The fourth-order valence-electron chi connectivity index (χ4n) is 2.69. The van der Waals surface area contributed by atoms with Gasteiger partial charge >= 0.3 is 0 Å². The maximum absolute atomic E-state index is 4.68. The fourth-order valence-corrected chi connectivity index (χ4v) is 2.69. The van der Waals surface area contributed by atoms with E-state index in [1.165, 1.54) is 19.3 Å². The molecule has 3 rings (SSSR count). The topological polar surface area (TPSA) is 69.7 Å². The zero-order chi connectivity index (χ0) is 13.2. The molecule has 2 N–H and O–H groups in total. The monoisotopic (exact) mass is 260 g/mol. The SMILES string of the molecule is CCNc1nc(N2CCCCC2C)c2cn[nH]c2n1. The molecule has 0 spiro atoms. The van der Waals surface area contributed by atoms with Crippen molar-refractivity contribution in [2.24, 2.45) is 0 Å². The number of nitrogens with one attached hydrogen (secondary N) is 2. The van der Waals surface area contributed by atoms with Crippen LogP contribution < -0.4 is 10.2 Å². The molecule has 1 fully saturated rings. The first-order valence-electron chi connectivity index (χ1n) is 7.01. The second-order valence-electron chi connectivity index (χ2n) is 5.07. The van der Waals surface area contributed by atoms with E-state index in [4.69, 9.17) is 0 Å². The molecule has 0 radical (unpaired) electrons. The highest BCUT2D eigenvalue weighted by Crippen LogP contribution is 2.29. The van der Waals surface area contributed by atoms with Crippen LogP contribution in [0.2, 0.25) is 0 Å². The van der Waals surface area contributed by atoms with Crippen LogP contribution >= 0.6 is 0 Å². The van der Waals surface area contributed by atoms with Crippen LogP contribution in [-0.2, 0) is 0 Å². The first kappa shape index (κ1) is 12.2. The third-order valence-electron chi connectivity index (χ3n) is 3.70. The third kappa shape index (κ3) is 2.22. The van der Waals surface area contributed by atoms with Crippen molar-refractivity contribution in [1.82, 2.24) is 20.2 Å². The van der Waals surface area contributed by atoms with E-state index in [9.17, 15) is 0 Å². The van der Waals surface area contributed by atoms with Gasteiger partial charge in [-0.15, -0.1) is 0 Å². The van der Waals surface area contributed by atoms with Crippen molar-refractivity contribution in [3.8, 4) is 0 Å². The summed E-state index contributed by atoms with van der Waals surface area (Å²) in [5.41, 5.74) is 0.804. The molecule has 1 aliphatic heterocycles. The lowest BCUT2D eigenvalue weighted by Gasteiger charge is -2.34. The van der Waals surface area contributed by atoms with E-state index in [0.717, 1.165) is 29.9 Å². The molecule has 2 aromatic heterocycles. The minimum Gasteiger partial charge on any atom is -0.354 e. The minimum atomic E-state index is 0.524. The quantitative estimate of drug-likeness (QED) is 0.885. The van der Waals surface area contributed by atoms with Gasteiger partial charge in [-0.2, -0.15) is 15.1 Å². The summed E-state index contributed by atoms with van der Waals surface area (Å²) in [5, 5.41) is 11.2. The van der Waals surface area contributed by atoms with Crippen LogP contribution in [0.15, 0.2) is 6.20 Å². The molecule has 1 saturated heterocycles. The highest BCUT2D eigenvalue weighted by molar-refractivity contribution is 5.87. The molecule has 6 nitrogen and oxygen atoms in total. The van der Waals surface area contributed by atoms with Gasteiger partial charge in [-0.25, -0.2) is 0 Å². The second kappa shape index (κ2) is 5.03. The Kier molecular flexibility index (Phi) is 3.23. The van der Waals surface area contributed by atoms with Gasteiger partial charge in [-0.3, -0.25) is 5.10 Å². The molecular weight excluding hydrogens is 240 g/mol. The van der Waals surface area contributed by atoms with E-state index in [0.29, 0.717) is 12.0 Å². The Hall–Kier alpha value is -1.85. The zero-order valence-electron chi connectivity index (χ0n) is 11.5. The Bertz CT molecular complexity index is 563. The highest BCUT2D eigenvalue weighted by Gasteiger charge is 2.23. The zero-order valence-corrected chi connectivity index (χ0v) is 11.5. The summed E-state index contributed by atoms with van der Waals surface area (Å²) in [5.74, 6) is 1.67. The van der Waals surface area contributed by atoms with Crippen LogP contribution in [0.25, 0.3) is 11.0 Å². The number of aromatic nitrogens is 4. The van der Waals surface area contributed by atoms with Gasteiger partial charge in [0.2, 0.25) is 5.95 Å². The Morgan fingerprint density at radius 1 is 1.42 bits per heavy atom. The first-order valence-corrected chi connectivity index (χ1v) is 7.01. The van der Waals surface area contributed by atoms with Crippen LogP contribution in [0.1, 0.15) is 33.1 Å². The van der Waals surface area contributed by atoms with Crippen LogP contribution in [0, 0.1) is 0 Å². The summed E-state index contributed by atoms with van der Waals surface area (Å²) in [6.07, 6.45) is 5.57. The number of hydrogen-bond acceptors (Lipinski definition) is 5. The molecule has 3 heterocycles. The highest BCUT2D eigenvalue weighted by atomic mass is 15.3. The van der Waals surface area contributed by atoms with E-state index < -0.39 is 0 Å². The van der Waals surface area contributed by atoms with Crippen molar-refractivity contribution in [2.75, 3.05) is 23.3 Å². The molecule has 1 aliphatic rings. The van der Waals surface area contributed by atoms with Gasteiger partial charge in [0.25, 0.3) is 0 Å². The van der Waals surface area contributed by atoms with Crippen molar-refractivity contribution >= 4 is 22.8 Å². The molecule has 0 amide bonds. The van der Waals surface area contributed by atoms with Gasteiger partial charge < -0.3 is 10.2 Å². The summed E-state index contributed by atoms with van der Waals surface area (Å²) in [6.45, 7) is 6.18. The van der Waals surface area contributed by atoms with Crippen LogP contribution in [0.3, 0.4) is 0 Å². The van der Waals surface area contributed by atoms with Crippen molar-refractivity contribution < 1.29 is 0 Å². The van der Waals surface area contributed by atoms with Gasteiger partial charge in [-0.1, -0.05) is 0 Å². The molecule has 1 atom stereocenters. The van der Waals surface area contributed by atoms with Crippen molar-refractivity contribution in [2.45, 2.75) is 39.2 Å². The predicted octanol–water partition coefficient (Wildman–Crippen LogP) is 2.16. The lowest BCUT2D eigenvalue weighted by molar-refractivity contribution is 0.482. The Labute approximate surface area is 112 Å². The average molecular weight is 260 g/mol. The van der Waals surface area contributed by atoms with E-state index in [-0.39, 0.29) is 0 Å². The maximum Gasteiger partial charge on any atom is 0.226 e. The van der Waals surface area contributed by atoms with Gasteiger partial charge in [0.05, 0.1) is 11.6 Å². The first-order chi connectivity index (χ1) is 9.29. The van der Waals surface area contributed by atoms with Crippen molar-refractivity contribution in [1.29, 1.82) is 0 Å². The summed E-state index contributed by atoms with van der Waals surface area (Å²) in [6, 6.07) is 0.524. The molecule has 0 saturated carbocycles. The molecule has 0 bridgehead atoms. The molecule has 19 heavy (non-hydrogen) atoms. The molecule has 2 aromatic rings. The number of fused-ring (bicyclic) bond motifs is 1. The van der Waals surface area contributed by atoms with E-state index >= 15 is 0 Å². The smallest absolute Gasteiger partial charge is 0.226 e. The lowest BCUT2D eigenvalue weighted by Crippen LogP contribution is -2.38. The number of aromatic amines is 1. The Morgan fingerprint density at radius 2 is 2.32 bits per heavy atom. The minimum absolute atomic E-state index is 0.524. The summed E-state index contributed by atoms with van der Waals surface area (Å²) in [4.78, 5) is 11.5. The fraction of sp³-hybridized carbons (Fsp3) is 0.615. The predicted molar refractivity (Wildman–Crippen MR) is 76.5 cm³/mol. The molecule has 1 unspecified atom stereocenters. The summed E-state index contributed by atoms with van der Waals surface area (Å²) >= 11 is 0. The normalized spacial score (nSPS) is 19.9. The van der Waals surface area contributed by atoms with Gasteiger partial charge in [0.1, 0.15) is 5.82 Å². The van der Waals surface area contributed by atoms with E-state index in [1.54, 1.807) is 0 Å². The maximum atomic E-state index is 4.68. The average Bonchev–Trinajstić information content (AvgIpc) is 2.87. The summed E-state index contributed by atoms with van der Waals surface area (Å²) < 4.78 is 0. The van der Waals surface area contributed by atoms with Crippen molar-refractivity contribution in [3.63, 3.8) is 0 Å². The van der Waals surface area contributed by atoms with Gasteiger partial charge in [-0.05, 0) is 33.1 Å². The van der Waals surface area contributed by atoms with Gasteiger partial charge in [0, 0.05) is 19.1 Å². The number of piperidine rings is 1. The van der Waals surface area contributed by atoms with E-state index in [2.05, 4.69) is 37.3 Å². The number of nitrogens with zero attached hydrogens (tertiary/aromatic N) is 4. The van der Waals surface area contributed by atoms with Crippen LogP contribution in [0.4, 0.5) is 11.8 Å². The number of hydrogen-bond donors (Lipinski definition) is 2. The standard InChI is InChI=1S/C13H20N6/c1-3-14-13-16-11-10(8-15-18-11)12(17-13)19-7-5-4-6-9(19)2/h8-9H,3-7H2,1-2H3,(H2,14,15,16,17,18). The molecule has 0 aromatic carbocycles. The molecule has 6 heteroatoms. The number of anilines is 2. The number of rotatable bonds is 3. The Morgan fingerprint density at radius 3 is 3.11 bits per heavy atom. The molecule has 102 valence electrons. The van der Waals surface area contributed by atoms with Crippen molar-refractivity contribution in [3.05, 3.63) is 6.20 Å². The molecule has 0 aliphatic carbocycles. The number of H-pyrrole nitrogens is 1.